The molecule has 1 rings (SSSR count). The van der Waals surface area contributed by atoms with Crippen LogP contribution >= 0.6 is 0 Å². The number of hydrogen-bond acceptors (Lipinski definition) is 5. The third-order valence-electron chi connectivity index (χ3n) is 4.87. The highest BCUT2D eigenvalue weighted by molar-refractivity contribution is 6.74. The number of methoxy groups -OCH3 is 1. The van der Waals surface area contributed by atoms with Crippen molar-refractivity contribution in [3.63, 3.8) is 0 Å². The van der Waals surface area contributed by atoms with Gasteiger partial charge in [-0.1, -0.05) is 26.8 Å². The first-order chi connectivity index (χ1) is 12.4. The lowest BCUT2D eigenvalue weighted by Crippen LogP contribution is -2.47. The SMILES string of the molecule is COC(=O)c1cccc(C(=O)N[C@@H](CCO[Si](C)(C)C(C)(C)C)C(N)=O)c1. The number of carbonyl (C=O) groups excluding carboxylic acids is 3. The van der Waals surface area contributed by atoms with Crippen LogP contribution in [-0.4, -0.2) is 45.9 Å². The van der Waals surface area contributed by atoms with Gasteiger partial charge in [0.25, 0.3) is 5.91 Å². The normalized spacial score (nSPS) is 13.0. The molecule has 27 heavy (non-hydrogen) atoms. The van der Waals surface area contributed by atoms with Gasteiger partial charge in [-0.15, -0.1) is 0 Å². The van der Waals surface area contributed by atoms with Crippen molar-refractivity contribution in [1.29, 1.82) is 0 Å². The summed E-state index contributed by atoms with van der Waals surface area (Å²) in [6.45, 7) is 10.9. The third kappa shape index (κ3) is 6.48. The first kappa shape index (κ1) is 22.8. The predicted octanol–water partition coefficient (Wildman–Crippen LogP) is 2.47. The molecule has 0 saturated carbocycles. The summed E-state index contributed by atoms with van der Waals surface area (Å²) in [5.74, 6) is -1.66. The van der Waals surface area contributed by atoms with Crippen molar-refractivity contribution in [3.8, 4) is 0 Å². The number of ether oxygens (including phenoxy) is 1. The van der Waals surface area contributed by atoms with E-state index in [1.807, 2.05) is 0 Å². The lowest BCUT2D eigenvalue weighted by Gasteiger charge is -2.36. The fourth-order valence-electron chi connectivity index (χ4n) is 2.08. The van der Waals surface area contributed by atoms with Gasteiger partial charge in [-0.05, 0) is 42.8 Å². The van der Waals surface area contributed by atoms with E-state index in [-0.39, 0.29) is 22.6 Å². The van der Waals surface area contributed by atoms with Gasteiger partial charge in [0, 0.05) is 12.2 Å². The maximum atomic E-state index is 12.4. The van der Waals surface area contributed by atoms with Crippen LogP contribution in [0.25, 0.3) is 0 Å². The van der Waals surface area contributed by atoms with Gasteiger partial charge in [-0.3, -0.25) is 9.59 Å². The minimum atomic E-state index is -1.95. The van der Waals surface area contributed by atoms with Crippen LogP contribution in [0.1, 0.15) is 47.9 Å². The second kappa shape index (κ2) is 9.14. The van der Waals surface area contributed by atoms with Gasteiger partial charge in [0.05, 0.1) is 12.7 Å². The molecule has 0 unspecified atom stereocenters. The van der Waals surface area contributed by atoms with E-state index in [1.165, 1.54) is 13.2 Å². The molecule has 0 spiro atoms. The molecule has 0 saturated heterocycles. The first-order valence-corrected chi connectivity index (χ1v) is 11.7. The Morgan fingerprint density at radius 1 is 1.19 bits per heavy atom. The van der Waals surface area contributed by atoms with Crippen LogP contribution in [0.2, 0.25) is 18.1 Å². The van der Waals surface area contributed by atoms with Gasteiger partial charge < -0.3 is 20.2 Å². The Balaban J connectivity index is 2.76. The Labute approximate surface area is 161 Å². The monoisotopic (exact) mass is 394 g/mol. The summed E-state index contributed by atoms with van der Waals surface area (Å²) >= 11 is 0. The number of nitrogens with two attached hydrogens (primary N) is 1. The Bertz CT molecular complexity index is 698. The third-order valence-corrected chi connectivity index (χ3v) is 9.41. The van der Waals surface area contributed by atoms with Crippen molar-refractivity contribution in [1.82, 2.24) is 5.32 Å². The molecule has 1 aromatic carbocycles. The molecule has 2 amide bonds. The maximum Gasteiger partial charge on any atom is 0.337 e. The summed E-state index contributed by atoms with van der Waals surface area (Å²) in [7, 11) is -0.686. The summed E-state index contributed by atoms with van der Waals surface area (Å²) in [5.41, 5.74) is 5.92. The topological polar surface area (TPSA) is 108 Å². The highest BCUT2D eigenvalue weighted by atomic mass is 28.4. The smallest absolute Gasteiger partial charge is 0.337 e. The van der Waals surface area contributed by atoms with Crippen molar-refractivity contribution in [2.45, 2.75) is 51.4 Å². The molecule has 3 N–H and O–H groups in total. The van der Waals surface area contributed by atoms with E-state index in [4.69, 9.17) is 10.2 Å². The van der Waals surface area contributed by atoms with E-state index in [1.54, 1.807) is 18.2 Å². The molecular formula is C19H30N2O5Si. The number of benzene rings is 1. The second-order valence-corrected chi connectivity index (χ2v) is 12.7. The van der Waals surface area contributed by atoms with E-state index >= 15 is 0 Å². The lowest BCUT2D eigenvalue weighted by atomic mass is 10.1. The lowest BCUT2D eigenvalue weighted by molar-refractivity contribution is -0.120. The van der Waals surface area contributed by atoms with Gasteiger partial charge in [0.15, 0.2) is 8.32 Å². The number of amides is 2. The Hall–Kier alpha value is -2.19. The van der Waals surface area contributed by atoms with Crippen LogP contribution in [0.3, 0.4) is 0 Å². The number of carbonyl (C=O) groups is 3. The van der Waals surface area contributed by atoms with E-state index in [0.29, 0.717) is 6.61 Å². The summed E-state index contributed by atoms with van der Waals surface area (Å²) in [6.07, 6.45) is 0.282. The average Bonchev–Trinajstić information content (AvgIpc) is 2.58. The van der Waals surface area contributed by atoms with Crippen LogP contribution < -0.4 is 11.1 Å². The molecule has 0 radical (unpaired) electrons. The molecule has 7 nitrogen and oxygen atoms in total. The van der Waals surface area contributed by atoms with Crippen molar-refractivity contribution in [2.75, 3.05) is 13.7 Å². The molecular weight excluding hydrogens is 364 g/mol. The fraction of sp³-hybridized carbons (Fsp3) is 0.526. The zero-order chi connectivity index (χ0) is 20.8. The van der Waals surface area contributed by atoms with E-state index in [0.717, 1.165) is 0 Å². The maximum absolute atomic E-state index is 12.4. The minimum absolute atomic E-state index is 0.0484. The number of rotatable bonds is 8. The van der Waals surface area contributed by atoms with Crippen LogP contribution in [0.15, 0.2) is 24.3 Å². The molecule has 0 fully saturated rings. The zero-order valence-electron chi connectivity index (χ0n) is 16.9. The molecule has 0 heterocycles. The molecule has 0 aliphatic rings. The van der Waals surface area contributed by atoms with Crippen LogP contribution in [0.4, 0.5) is 0 Å². The summed E-state index contributed by atoms with van der Waals surface area (Å²) < 4.78 is 10.7. The summed E-state index contributed by atoms with van der Waals surface area (Å²) in [6, 6.07) is 5.21. The van der Waals surface area contributed by atoms with Crippen molar-refractivity contribution < 1.29 is 23.5 Å². The average molecular weight is 395 g/mol. The van der Waals surface area contributed by atoms with E-state index in [2.05, 4.69) is 43.9 Å². The number of primary amides is 1. The Morgan fingerprint density at radius 3 is 2.30 bits per heavy atom. The summed E-state index contributed by atoms with van der Waals surface area (Å²) in [5, 5.41) is 2.66. The van der Waals surface area contributed by atoms with Crippen molar-refractivity contribution in [3.05, 3.63) is 35.4 Å². The number of hydrogen-bond donors (Lipinski definition) is 2. The van der Waals surface area contributed by atoms with Crippen LogP contribution in [-0.2, 0) is 14.0 Å². The largest absolute Gasteiger partial charge is 0.465 e. The fourth-order valence-corrected chi connectivity index (χ4v) is 3.14. The molecule has 0 aliphatic heterocycles. The van der Waals surface area contributed by atoms with Crippen LogP contribution in [0, 0.1) is 0 Å². The minimum Gasteiger partial charge on any atom is -0.465 e. The van der Waals surface area contributed by atoms with Crippen molar-refractivity contribution in [2.24, 2.45) is 5.73 Å². The molecule has 8 heteroatoms. The predicted molar refractivity (Wildman–Crippen MR) is 106 cm³/mol. The Morgan fingerprint density at radius 2 is 1.78 bits per heavy atom. The molecule has 1 atom stereocenters. The van der Waals surface area contributed by atoms with Gasteiger partial charge in [0.1, 0.15) is 6.04 Å². The molecule has 0 bridgehead atoms. The van der Waals surface area contributed by atoms with Gasteiger partial charge in [-0.25, -0.2) is 4.79 Å². The highest BCUT2D eigenvalue weighted by Gasteiger charge is 2.37. The van der Waals surface area contributed by atoms with Gasteiger partial charge >= 0.3 is 5.97 Å². The van der Waals surface area contributed by atoms with Crippen LogP contribution in [0.5, 0.6) is 0 Å². The molecule has 0 aliphatic carbocycles. The molecule has 150 valence electrons. The number of nitrogens with one attached hydrogen (secondary N) is 1. The van der Waals surface area contributed by atoms with E-state index in [9.17, 15) is 14.4 Å². The molecule has 1 aromatic rings. The quantitative estimate of drug-likeness (QED) is 0.520. The number of esters is 1. The van der Waals surface area contributed by atoms with Gasteiger partial charge in [0.2, 0.25) is 5.91 Å². The second-order valence-electron chi connectivity index (χ2n) is 7.90. The van der Waals surface area contributed by atoms with Gasteiger partial charge in [-0.2, -0.15) is 0 Å². The highest BCUT2D eigenvalue weighted by Crippen LogP contribution is 2.36. The first-order valence-electron chi connectivity index (χ1n) is 8.81. The Kier molecular flexibility index (Phi) is 7.73. The van der Waals surface area contributed by atoms with Crippen molar-refractivity contribution >= 4 is 26.1 Å². The zero-order valence-corrected chi connectivity index (χ0v) is 17.9. The summed E-state index contributed by atoms with van der Waals surface area (Å²) in [4.78, 5) is 35.8. The molecule has 0 aromatic heterocycles. The standard InChI is InChI=1S/C19H30N2O5Si/c1-19(2,3)27(5,6)26-11-10-15(16(20)22)21-17(23)13-8-7-9-14(12-13)18(24)25-4/h7-9,12,15H,10-11H2,1-6H3,(H2,20,22)(H,21,23)/t15-/m0/s1. The van der Waals surface area contributed by atoms with E-state index < -0.39 is 32.1 Å².